The van der Waals surface area contributed by atoms with E-state index in [9.17, 15) is 9.59 Å². The molecule has 104 valence electrons. The lowest BCUT2D eigenvalue weighted by atomic mass is 10.1. The Balaban J connectivity index is 1.91. The molecule has 1 saturated heterocycles. The van der Waals surface area contributed by atoms with E-state index in [4.69, 9.17) is 19.0 Å². The van der Waals surface area contributed by atoms with Crippen molar-refractivity contribution in [1.82, 2.24) is 5.32 Å². The number of ether oxygens (including phenoxy) is 2. The van der Waals surface area contributed by atoms with Crippen molar-refractivity contribution in [2.75, 3.05) is 19.8 Å². The first-order chi connectivity index (χ1) is 9.16. The molecule has 1 amide bonds. The van der Waals surface area contributed by atoms with Crippen molar-refractivity contribution < 1.29 is 28.6 Å². The number of rotatable bonds is 5. The predicted octanol–water partition coefficient (Wildman–Crippen LogP) is 0.268. The predicted molar refractivity (Wildman–Crippen MR) is 62.8 cm³/mol. The van der Waals surface area contributed by atoms with Gasteiger partial charge in [0, 0.05) is 6.61 Å². The zero-order valence-electron chi connectivity index (χ0n) is 10.2. The minimum Gasteiger partial charge on any atom is -0.480 e. The summed E-state index contributed by atoms with van der Waals surface area (Å²) in [5, 5.41) is 11.4. The lowest BCUT2D eigenvalue weighted by Gasteiger charge is -2.31. The van der Waals surface area contributed by atoms with Gasteiger partial charge in [0.25, 0.3) is 5.91 Å². The topological polar surface area (TPSA) is 98.0 Å². The van der Waals surface area contributed by atoms with E-state index in [-0.39, 0.29) is 24.3 Å². The van der Waals surface area contributed by atoms with Gasteiger partial charge in [-0.25, -0.2) is 4.79 Å². The summed E-state index contributed by atoms with van der Waals surface area (Å²) in [5.41, 5.74) is 0. The second-order valence-corrected chi connectivity index (χ2v) is 4.16. The van der Waals surface area contributed by atoms with Gasteiger partial charge in [-0.1, -0.05) is 0 Å². The van der Waals surface area contributed by atoms with Crippen molar-refractivity contribution >= 4 is 11.9 Å². The Morgan fingerprint density at radius 3 is 3.05 bits per heavy atom. The molecule has 1 aliphatic heterocycles. The highest BCUT2D eigenvalue weighted by atomic mass is 16.5. The van der Waals surface area contributed by atoms with Gasteiger partial charge in [-0.3, -0.25) is 4.79 Å². The normalized spacial score (nSPS) is 22.9. The average molecular weight is 269 g/mol. The Kier molecular flexibility index (Phi) is 4.53. The van der Waals surface area contributed by atoms with Crippen LogP contribution in [0.25, 0.3) is 0 Å². The van der Waals surface area contributed by atoms with Gasteiger partial charge in [0.15, 0.2) is 5.76 Å². The molecule has 19 heavy (non-hydrogen) atoms. The first-order valence-electron chi connectivity index (χ1n) is 5.92. The van der Waals surface area contributed by atoms with Crippen molar-refractivity contribution in [2.24, 2.45) is 0 Å². The van der Waals surface area contributed by atoms with Gasteiger partial charge < -0.3 is 24.3 Å². The van der Waals surface area contributed by atoms with Crippen LogP contribution < -0.4 is 5.32 Å². The van der Waals surface area contributed by atoms with Crippen molar-refractivity contribution in [3.8, 4) is 0 Å². The molecule has 7 nitrogen and oxygen atoms in total. The van der Waals surface area contributed by atoms with Gasteiger partial charge >= 0.3 is 5.97 Å². The van der Waals surface area contributed by atoms with Crippen molar-refractivity contribution in [2.45, 2.75) is 18.6 Å². The molecule has 0 aromatic carbocycles. The first-order valence-corrected chi connectivity index (χ1v) is 5.92. The van der Waals surface area contributed by atoms with Crippen molar-refractivity contribution in [1.29, 1.82) is 0 Å². The Hall–Kier alpha value is -1.86. The summed E-state index contributed by atoms with van der Waals surface area (Å²) in [6.45, 7) is 0.341. The number of carboxylic acid groups (broad SMARTS) is 1. The minimum absolute atomic E-state index is 0.212. The maximum absolute atomic E-state index is 11.8. The van der Waals surface area contributed by atoms with E-state index in [1.54, 1.807) is 12.1 Å². The van der Waals surface area contributed by atoms with Gasteiger partial charge in [0.2, 0.25) is 0 Å². The number of hydrogen-bond donors (Lipinski definition) is 2. The highest BCUT2D eigenvalue weighted by Gasteiger charge is 2.29. The van der Waals surface area contributed by atoms with Gasteiger partial charge in [0.05, 0.1) is 18.9 Å². The summed E-state index contributed by atoms with van der Waals surface area (Å²) < 4.78 is 15.4. The summed E-state index contributed by atoms with van der Waals surface area (Å²) >= 11 is 0. The molecular formula is C12H15NO6. The zero-order valence-corrected chi connectivity index (χ0v) is 10.2. The number of carbonyl (C=O) groups excluding carboxylic acids is 1. The number of carbonyl (C=O) groups is 2. The van der Waals surface area contributed by atoms with Crippen molar-refractivity contribution in [3.05, 3.63) is 24.2 Å². The van der Waals surface area contributed by atoms with Crippen LogP contribution in [-0.4, -0.2) is 48.9 Å². The number of amides is 1. The number of aliphatic carboxylic acids is 1. The lowest BCUT2D eigenvalue weighted by molar-refractivity contribution is -0.148. The molecule has 0 radical (unpaired) electrons. The second kappa shape index (κ2) is 6.35. The van der Waals surface area contributed by atoms with Gasteiger partial charge in [0.1, 0.15) is 12.7 Å². The number of carboxylic acids is 1. The molecule has 0 unspecified atom stereocenters. The molecule has 2 rings (SSSR count). The highest BCUT2D eigenvalue weighted by Crippen LogP contribution is 2.12. The SMILES string of the molecule is O=C(O)CO[C@@H]1COCC[C@H]1NC(=O)c1ccco1. The second-order valence-electron chi connectivity index (χ2n) is 4.16. The van der Waals surface area contributed by atoms with Gasteiger partial charge in [-0.05, 0) is 18.6 Å². The van der Waals surface area contributed by atoms with E-state index in [0.29, 0.717) is 13.0 Å². The first kappa shape index (κ1) is 13.6. The molecule has 2 heterocycles. The van der Waals surface area contributed by atoms with E-state index in [2.05, 4.69) is 5.32 Å². The summed E-state index contributed by atoms with van der Waals surface area (Å²) in [6.07, 6.45) is 1.51. The van der Waals surface area contributed by atoms with E-state index in [1.807, 2.05) is 0 Å². The van der Waals surface area contributed by atoms with Crippen LogP contribution in [0.2, 0.25) is 0 Å². The van der Waals surface area contributed by atoms with Crippen molar-refractivity contribution in [3.63, 3.8) is 0 Å². The number of furan rings is 1. The maximum atomic E-state index is 11.8. The molecule has 1 aromatic rings. The zero-order chi connectivity index (χ0) is 13.7. The third kappa shape index (κ3) is 3.80. The minimum atomic E-state index is -1.05. The molecule has 0 saturated carbocycles. The summed E-state index contributed by atoms with van der Waals surface area (Å²) in [7, 11) is 0. The smallest absolute Gasteiger partial charge is 0.329 e. The Morgan fingerprint density at radius 2 is 2.37 bits per heavy atom. The number of hydrogen-bond acceptors (Lipinski definition) is 5. The van der Waals surface area contributed by atoms with Crippen LogP contribution in [0.5, 0.6) is 0 Å². The Labute approximate surface area is 109 Å². The Bertz CT molecular complexity index is 429. The van der Waals surface area contributed by atoms with Crippen LogP contribution in [0, 0.1) is 0 Å². The third-order valence-corrected chi connectivity index (χ3v) is 2.79. The highest BCUT2D eigenvalue weighted by molar-refractivity contribution is 5.91. The summed E-state index contributed by atoms with van der Waals surface area (Å²) in [4.78, 5) is 22.3. The monoisotopic (exact) mass is 269 g/mol. The molecule has 0 bridgehead atoms. The van der Waals surface area contributed by atoms with Crippen LogP contribution >= 0.6 is 0 Å². The van der Waals surface area contributed by atoms with Crippen LogP contribution in [0.3, 0.4) is 0 Å². The molecule has 1 aromatic heterocycles. The van der Waals surface area contributed by atoms with Crippen LogP contribution in [0.15, 0.2) is 22.8 Å². The van der Waals surface area contributed by atoms with E-state index >= 15 is 0 Å². The third-order valence-electron chi connectivity index (χ3n) is 2.79. The standard InChI is InChI=1S/C12H15NO6/c14-11(15)7-19-10-6-17-5-3-8(10)13-12(16)9-2-1-4-18-9/h1-2,4,8,10H,3,5-7H2,(H,13,16)(H,14,15)/t8-,10-/m1/s1. The fourth-order valence-corrected chi connectivity index (χ4v) is 1.87. The lowest BCUT2D eigenvalue weighted by Crippen LogP contribution is -2.50. The van der Waals surface area contributed by atoms with Crippen LogP contribution in [0.1, 0.15) is 17.0 Å². The fourth-order valence-electron chi connectivity index (χ4n) is 1.87. The fraction of sp³-hybridized carbons (Fsp3) is 0.500. The average Bonchev–Trinajstić information content (AvgIpc) is 2.91. The molecule has 1 fully saturated rings. The summed E-state index contributed by atoms with van der Waals surface area (Å²) in [5.74, 6) is -1.19. The molecule has 0 spiro atoms. The van der Waals surface area contributed by atoms with E-state index in [1.165, 1.54) is 6.26 Å². The van der Waals surface area contributed by atoms with E-state index < -0.39 is 18.7 Å². The quantitative estimate of drug-likeness (QED) is 0.796. The van der Waals surface area contributed by atoms with Crippen LogP contribution in [-0.2, 0) is 14.3 Å². The summed E-state index contributed by atoms with van der Waals surface area (Å²) in [6, 6.07) is 2.89. The van der Waals surface area contributed by atoms with Gasteiger partial charge in [-0.15, -0.1) is 0 Å². The maximum Gasteiger partial charge on any atom is 0.329 e. The Morgan fingerprint density at radius 1 is 1.53 bits per heavy atom. The van der Waals surface area contributed by atoms with Crippen LogP contribution in [0.4, 0.5) is 0 Å². The molecular weight excluding hydrogens is 254 g/mol. The largest absolute Gasteiger partial charge is 0.480 e. The molecule has 2 N–H and O–H groups in total. The van der Waals surface area contributed by atoms with E-state index in [0.717, 1.165) is 0 Å². The molecule has 2 atom stereocenters. The molecule has 1 aliphatic rings. The molecule has 7 heteroatoms. The van der Waals surface area contributed by atoms with Gasteiger partial charge in [-0.2, -0.15) is 0 Å². The number of nitrogens with one attached hydrogen (secondary N) is 1. The molecule has 0 aliphatic carbocycles.